The summed E-state index contributed by atoms with van der Waals surface area (Å²) in [6.45, 7) is 4.06. The van der Waals surface area contributed by atoms with E-state index in [1.54, 1.807) is 6.92 Å². The molecule has 4 rings (SSSR count). The van der Waals surface area contributed by atoms with Crippen LogP contribution in [-0.2, 0) is 15.1 Å². The summed E-state index contributed by atoms with van der Waals surface area (Å²) in [7, 11) is 0. The minimum Gasteiger partial charge on any atom is -0.338 e. The number of fused-ring (bicyclic) bond motifs is 1. The maximum atomic E-state index is 13.4. The second-order valence-electron chi connectivity index (χ2n) is 8.44. The van der Waals surface area contributed by atoms with Gasteiger partial charge in [-0.05, 0) is 43.0 Å². The number of hydrogen-bond donors (Lipinski definition) is 1. The first-order valence-corrected chi connectivity index (χ1v) is 10.9. The molecule has 1 N–H and O–H groups in total. The number of benzene rings is 2. The molecule has 2 aliphatic rings. The van der Waals surface area contributed by atoms with E-state index in [4.69, 9.17) is 0 Å². The molecule has 0 bridgehead atoms. The molecule has 1 atom stereocenters. The minimum atomic E-state index is -1.19. The number of amides is 4. The fourth-order valence-electron chi connectivity index (χ4n) is 4.94. The van der Waals surface area contributed by atoms with Crippen LogP contribution < -0.4 is 5.32 Å². The molecule has 1 heterocycles. The zero-order valence-electron chi connectivity index (χ0n) is 17.7. The Hall–Kier alpha value is -2.89. The summed E-state index contributed by atoms with van der Waals surface area (Å²) in [4.78, 5) is 42.1. The highest BCUT2D eigenvalue weighted by Crippen LogP contribution is 2.34. The van der Waals surface area contributed by atoms with Crippen LogP contribution in [0.15, 0.2) is 42.5 Å². The Labute approximate surface area is 177 Å². The molecule has 158 valence electrons. The van der Waals surface area contributed by atoms with Gasteiger partial charge in [0, 0.05) is 12.6 Å². The van der Waals surface area contributed by atoms with Crippen LogP contribution in [0.4, 0.5) is 4.79 Å². The van der Waals surface area contributed by atoms with Crippen LogP contribution in [-0.4, -0.2) is 46.8 Å². The first-order chi connectivity index (χ1) is 14.5. The lowest BCUT2D eigenvalue weighted by Gasteiger charge is -2.34. The van der Waals surface area contributed by atoms with Crippen LogP contribution in [0.25, 0.3) is 10.8 Å². The standard InChI is InChI=1S/C24H29N3O3/c1-3-26(18-12-5-4-6-13-18)21(28)16-27-22(29)24(2,25-23(27)30)20-15-9-11-17-10-7-8-14-19(17)20/h7-11,14-15,18H,3-6,12-13,16H2,1-2H3,(H,25,30)/t24-/m1/s1. The molecule has 6 heteroatoms. The smallest absolute Gasteiger partial charge is 0.325 e. The molecule has 0 spiro atoms. The second kappa shape index (κ2) is 8.09. The number of imide groups is 1. The van der Waals surface area contributed by atoms with E-state index in [9.17, 15) is 14.4 Å². The van der Waals surface area contributed by atoms with Crippen molar-refractivity contribution < 1.29 is 14.4 Å². The average molecular weight is 408 g/mol. The van der Waals surface area contributed by atoms with Crippen molar-refractivity contribution in [3.63, 3.8) is 0 Å². The van der Waals surface area contributed by atoms with E-state index in [0.717, 1.165) is 46.9 Å². The summed E-state index contributed by atoms with van der Waals surface area (Å²) < 4.78 is 0. The molecule has 1 aliphatic heterocycles. The maximum Gasteiger partial charge on any atom is 0.325 e. The second-order valence-corrected chi connectivity index (χ2v) is 8.44. The van der Waals surface area contributed by atoms with Crippen molar-refractivity contribution in [1.82, 2.24) is 15.1 Å². The molecule has 0 unspecified atom stereocenters. The Morgan fingerprint density at radius 3 is 2.53 bits per heavy atom. The van der Waals surface area contributed by atoms with E-state index in [1.807, 2.05) is 54.3 Å². The molecule has 4 amide bonds. The molecule has 1 aliphatic carbocycles. The van der Waals surface area contributed by atoms with Gasteiger partial charge in [0.25, 0.3) is 5.91 Å². The number of rotatable bonds is 5. The first kappa shape index (κ1) is 20.4. The number of nitrogens with zero attached hydrogens (tertiary/aromatic N) is 2. The number of hydrogen-bond acceptors (Lipinski definition) is 3. The van der Waals surface area contributed by atoms with Gasteiger partial charge >= 0.3 is 6.03 Å². The molecule has 6 nitrogen and oxygen atoms in total. The zero-order valence-corrected chi connectivity index (χ0v) is 17.7. The molecule has 30 heavy (non-hydrogen) atoms. The Bertz CT molecular complexity index is 977. The molecule has 2 aromatic carbocycles. The summed E-state index contributed by atoms with van der Waals surface area (Å²) >= 11 is 0. The van der Waals surface area contributed by atoms with Crippen LogP contribution in [0, 0.1) is 0 Å². The van der Waals surface area contributed by atoms with Gasteiger partial charge in [-0.3, -0.25) is 14.5 Å². The SMILES string of the molecule is CCN(C(=O)CN1C(=O)N[C@](C)(c2cccc3ccccc23)C1=O)C1CCCCC1. The fourth-order valence-corrected chi connectivity index (χ4v) is 4.94. The highest BCUT2D eigenvalue weighted by Gasteiger charge is 2.50. The van der Waals surface area contributed by atoms with Crippen LogP contribution in [0.1, 0.15) is 51.5 Å². The predicted molar refractivity (Wildman–Crippen MR) is 116 cm³/mol. The van der Waals surface area contributed by atoms with Crippen molar-refractivity contribution in [1.29, 1.82) is 0 Å². The minimum absolute atomic E-state index is 0.157. The normalized spacial score (nSPS) is 22.4. The van der Waals surface area contributed by atoms with Crippen LogP contribution >= 0.6 is 0 Å². The van der Waals surface area contributed by atoms with Gasteiger partial charge in [-0.15, -0.1) is 0 Å². The summed E-state index contributed by atoms with van der Waals surface area (Å²) in [6.07, 6.45) is 5.44. The lowest BCUT2D eigenvalue weighted by Crippen LogP contribution is -2.48. The van der Waals surface area contributed by atoms with Crippen molar-refractivity contribution in [2.75, 3.05) is 13.1 Å². The van der Waals surface area contributed by atoms with Gasteiger partial charge in [0.2, 0.25) is 5.91 Å². The van der Waals surface area contributed by atoms with Gasteiger partial charge in [0.05, 0.1) is 0 Å². The Kier molecular flexibility index (Phi) is 5.50. The van der Waals surface area contributed by atoms with Gasteiger partial charge in [0.1, 0.15) is 12.1 Å². The predicted octanol–water partition coefficient (Wildman–Crippen LogP) is 3.79. The van der Waals surface area contributed by atoms with Crippen molar-refractivity contribution in [3.8, 4) is 0 Å². The molecule has 0 radical (unpaired) electrons. The van der Waals surface area contributed by atoms with Gasteiger partial charge in [-0.25, -0.2) is 4.79 Å². The van der Waals surface area contributed by atoms with E-state index in [-0.39, 0.29) is 24.4 Å². The number of urea groups is 1. The first-order valence-electron chi connectivity index (χ1n) is 10.9. The largest absolute Gasteiger partial charge is 0.338 e. The van der Waals surface area contributed by atoms with E-state index >= 15 is 0 Å². The lowest BCUT2D eigenvalue weighted by molar-refractivity contribution is -0.140. The van der Waals surface area contributed by atoms with Crippen LogP contribution in [0.3, 0.4) is 0 Å². The highest BCUT2D eigenvalue weighted by atomic mass is 16.2. The summed E-state index contributed by atoms with van der Waals surface area (Å²) in [5, 5.41) is 4.77. The third-order valence-electron chi connectivity index (χ3n) is 6.57. The van der Waals surface area contributed by atoms with E-state index in [0.29, 0.717) is 6.54 Å². The maximum absolute atomic E-state index is 13.4. The van der Waals surface area contributed by atoms with Gasteiger partial charge in [-0.1, -0.05) is 61.7 Å². The van der Waals surface area contributed by atoms with E-state index in [1.165, 1.54) is 6.42 Å². The number of likely N-dealkylation sites (N-methyl/N-ethyl adjacent to an activating group) is 1. The third kappa shape index (κ3) is 3.44. The lowest BCUT2D eigenvalue weighted by atomic mass is 9.88. The summed E-state index contributed by atoms with van der Waals surface area (Å²) in [5.74, 6) is -0.535. The van der Waals surface area contributed by atoms with Crippen molar-refractivity contribution in [2.45, 2.75) is 57.5 Å². The van der Waals surface area contributed by atoms with Crippen molar-refractivity contribution in [3.05, 3.63) is 48.0 Å². The zero-order chi connectivity index (χ0) is 21.3. The van der Waals surface area contributed by atoms with Crippen molar-refractivity contribution >= 4 is 28.6 Å². The number of carbonyl (C=O) groups excluding carboxylic acids is 3. The Balaban J connectivity index is 1.58. The monoisotopic (exact) mass is 407 g/mol. The third-order valence-corrected chi connectivity index (χ3v) is 6.57. The average Bonchev–Trinajstić information content (AvgIpc) is 2.98. The van der Waals surface area contributed by atoms with Gasteiger partial charge in [-0.2, -0.15) is 0 Å². The number of carbonyl (C=O) groups is 3. The molecular weight excluding hydrogens is 378 g/mol. The molecule has 2 fully saturated rings. The summed E-state index contributed by atoms with van der Waals surface area (Å²) in [6, 6.07) is 13.2. The molecule has 1 saturated heterocycles. The van der Waals surface area contributed by atoms with E-state index in [2.05, 4.69) is 5.32 Å². The Morgan fingerprint density at radius 2 is 1.80 bits per heavy atom. The quantitative estimate of drug-likeness (QED) is 0.767. The van der Waals surface area contributed by atoms with Gasteiger partial charge < -0.3 is 10.2 Å². The number of nitrogens with one attached hydrogen (secondary N) is 1. The van der Waals surface area contributed by atoms with E-state index < -0.39 is 11.6 Å². The van der Waals surface area contributed by atoms with Crippen molar-refractivity contribution in [2.24, 2.45) is 0 Å². The van der Waals surface area contributed by atoms with Crippen LogP contribution in [0.5, 0.6) is 0 Å². The summed E-state index contributed by atoms with van der Waals surface area (Å²) in [5.41, 5.74) is -0.450. The topological polar surface area (TPSA) is 69.7 Å². The molecular formula is C24H29N3O3. The molecule has 0 aromatic heterocycles. The molecule has 1 saturated carbocycles. The molecule has 2 aromatic rings. The Morgan fingerprint density at radius 1 is 1.10 bits per heavy atom. The fraction of sp³-hybridized carbons (Fsp3) is 0.458. The van der Waals surface area contributed by atoms with Gasteiger partial charge in [0.15, 0.2) is 0 Å². The highest BCUT2D eigenvalue weighted by molar-refractivity contribution is 6.10. The van der Waals surface area contributed by atoms with Crippen LogP contribution in [0.2, 0.25) is 0 Å².